The number of carbonyl (C=O) groups excluding carboxylic acids is 2. The number of thiophene rings is 1. The lowest BCUT2D eigenvalue weighted by atomic mass is 10.3. The Morgan fingerprint density at radius 2 is 2.12 bits per heavy atom. The van der Waals surface area contributed by atoms with Gasteiger partial charge < -0.3 is 10.1 Å². The highest BCUT2D eigenvalue weighted by Gasteiger charge is 2.13. The van der Waals surface area contributed by atoms with Crippen molar-refractivity contribution in [2.24, 2.45) is 0 Å². The maximum absolute atomic E-state index is 13.7. The van der Waals surface area contributed by atoms with Gasteiger partial charge in [-0.15, -0.1) is 22.7 Å². The highest BCUT2D eigenvalue weighted by molar-refractivity contribution is 9.10. The van der Waals surface area contributed by atoms with Crippen LogP contribution in [0.4, 0.5) is 10.1 Å². The van der Waals surface area contributed by atoms with Gasteiger partial charge in [0.25, 0.3) is 5.91 Å². The van der Waals surface area contributed by atoms with Gasteiger partial charge in [0.05, 0.1) is 22.7 Å². The van der Waals surface area contributed by atoms with Crippen LogP contribution in [-0.2, 0) is 20.7 Å². The van der Waals surface area contributed by atoms with Crippen molar-refractivity contribution in [1.29, 1.82) is 0 Å². The summed E-state index contributed by atoms with van der Waals surface area (Å²) in [6.07, 6.45) is -0.0260. The Bertz CT molecular complexity index is 928. The minimum atomic E-state index is -0.614. The van der Waals surface area contributed by atoms with Gasteiger partial charge >= 0.3 is 5.97 Å². The number of thiazole rings is 1. The fraction of sp³-hybridized carbons (Fsp3) is 0.118. The number of carbonyl (C=O) groups is 2. The predicted octanol–water partition coefficient (Wildman–Crippen LogP) is 4.50. The van der Waals surface area contributed by atoms with E-state index in [0.717, 1.165) is 9.88 Å². The molecular weight excluding hydrogens is 443 g/mol. The molecule has 0 saturated heterocycles. The summed E-state index contributed by atoms with van der Waals surface area (Å²) in [4.78, 5) is 29.1. The van der Waals surface area contributed by atoms with Gasteiger partial charge in [-0.05, 0) is 29.6 Å². The highest BCUT2D eigenvalue weighted by Crippen LogP contribution is 2.28. The molecule has 1 amide bonds. The van der Waals surface area contributed by atoms with E-state index in [1.165, 1.54) is 23.5 Å². The summed E-state index contributed by atoms with van der Waals surface area (Å²) in [7, 11) is 0. The minimum absolute atomic E-state index is 0.0225. The summed E-state index contributed by atoms with van der Waals surface area (Å²) in [6, 6.07) is 8.13. The molecule has 26 heavy (non-hydrogen) atoms. The van der Waals surface area contributed by atoms with Crippen molar-refractivity contribution in [2.75, 3.05) is 11.9 Å². The van der Waals surface area contributed by atoms with Crippen molar-refractivity contribution in [2.45, 2.75) is 6.42 Å². The van der Waals surface area contributed by atoms with Gasteiger partial charge in [0.1, 0.15) is 10.8 Å². The largest absolute Gasteiger partial charge is 0.455 e. The lowest BCUT2D eigenvalue weighted by Gasteiger charge is -2.07. The quantitative estimate of drug-likeness (QED) is 0.556. The van der Waals surface area contributed by atoms with Crippen LogP contribution in [0.3, 0.4) is 0 Å². The van der Waals surface area contributed by atoms with E-state index in [2.05, 4.69) is 26.2 Å². The van der Waals surface area contributed by atoms with E-state index < -0.39 is 24.3 Å². The summed E-state index contributed by atoms with van der Waals surface area (Å²) in [5.41, 5.74) is 0.608. The summed E-state index contributed by atoms with van der Waals surface area (Å²) in [5.74, 6) is -1.76. The molecule has 0 atom stereocenters. The standard InChI is InChI=1S/C17H12BrFN2O3S2/c18-10-3-4-13(12(19)6-10)21-15(22)8-24-16(23)7-11-9-26-17(20-11)14-2-1-5-25-14/h1-6,9H,7-8H2,(H,21,22). The van der Waals surface area contributed by atoms with E-state index in [9.17, 15) is 14.0 Å². The van der Waals surface area contributed by atoms with Gasteiger partial charge in [-0.1, -0.05) is 22.0 Å². The van der Waals surface area contributed by atoms with Crippen molar-refractivity contribution in [3.63, 3.8) is 0 Å². The average Bonchev–Trinajstić information content (AvgIpc) is 3.27. The molecule has 0 bridgehead atoms. The number of rotatable bonds is 6. The number of benzene rings is 1. The van der Waals surface area contributed by atoms with Crippen molar-refractivity contribution < 1.29 is 18.7 Å². The zero-order valence-corrected chi connectivity index (χ0v) is 16.4. The molecule has 5 nitrogen and oxygen atoms in total. The van der Waals surface area contributed by atoms with Crippen LogP contribution in [0.15, 0.2) is 45.6 Å². The molecule has 1 aromatic carbocycles. The third-order valence-corrected chi connectivity index (χ3v) is 5.60. The van der Waals surface area contributed by atoms with E-state index >= 15 is 0 Å². The topological polar surface area (TPSA) is 68.3 Å². The second-order valence-corrected chi connectivity index (χ2v) is 7.85. The van der Waals surface area contributed by atoms with Crippen LogP contribution in [0.5, 0.6) is 0 Å². The summed E-state index contributed by atoms with van der Waals surface area (Å²) in [5, 5.41) is 6.94. The van der Waals surface area contributed by atoms with Crippen LogP contribution < -0.4 is 5.32 Å². The minimum Gasteiger partial charge on any atom is -0.455 e. The first-order valence-corrected chi connectivity index (χ1v) is 9.95. The molecule has 0 spiro atoms. The van der Waals surface area contributed by atoms with Gasteiger partial charge in [-0.3, -0.25) is 9.59 Å². The fourth-order valence-electron chi connectivity index (χ4n) is 2.02. The lowest BCUT2D eigenvalue weighted by Crippen LogP contribution is -2.22. The zero-order chi connectivity index (χ0) is 18.5. The van der Waals surface area contributed by atoms with E-state index in [-0.39, 0.29) is 12.1 Å². The second-order valence-electron chi connectivity index (χ2n) is 5.13. The van der Waals surface area contributed by atoms with E-state index in [1.54, 1.807) is 22.8 Å². The monoisotopic (exact) mass is 454 g/mol. The first kappa shape index (κ1) is 18.7. The molecule has 2 heterocycles. The van der Waals surface area contributed by atoms with E-state index in [0.29, 0.717) is 10.2 Å². The highest BCUT2D eigenvalue weighted by atomic mass is 79.9. The molecule has 9 heteroatoms. The van der Waals surface area contributed by atoms with Crippen LogP contribution in [0.25, 0.3) is 9.88 Å². The number of anilines is 1. The van der Waals surface area contributed by atoms with Crippen LogP contribution in [0.2, 0.25) is 0 Å². The van der Waals surface area contributed by atoms with Crippen LogP contribution >= 0.6 is 38.6 Å². The van der Waals surface area contributed by atoms with Crippen LogP contribution in [-0.4, -0.2) is 23.5 Å². The Balaban J connectivity index is 1.48. The van der Waals surface area contributed by atoms with Crippen molar-refractivity contribution in [3.8, 4) is 9.88 Å². The Morgan fingerprint density at radius 3 is 2.85 bits per heavy atom. The molecule has 134 valence electrons. The smallest absolute Gasteiger partial charge is 0.312 e. The molecule has 0 radical (unpaired) electrons. The van der Waals surface area contributed by atoms with Crippen molar-refractivity contribution in [3.05, 3.63) is 57.1 Å². The Kier molecular flexibility index (Phi) is 6.12. The molecule has 3 aromatic rings. The Morgan fingerprint density at radius 1 is 1.27 bits per heavy atom. The maximum atomic E-state index is 13.7. The molecule has 0 aliphatic rings. The maximum Gasteiger partial charge on any atom is 0.312 e. The molecular formula is C17H12BrFN2O3S2. The van der Waals surface area contributed by atoms with Crippen molar-refractivity contribution in [1.82, 2.24) is 4.98 Å². The molecule has 0 unspecified atom stereocenters. The molecule has 0 aliphatic heterocycles. The normalized spacial score (nSPS) is 10.5. The summed E-state index contributed by atoms with van der Waals surface area (Å²) >= 11 is 6.15. The number of nitrogens with zero attached hydrogens (tertiary/aromatic N) is 1. The fourth-order valence-corrected chi connectivity index (χ4v) is 3.99. The number of halogens is 2. The summed E-state index contributed by atoms with van der Waals surface area (Å²) in [6.45, 7) is -0.490. The van der Waals surface area contributed by atoms with Gasteiger partial charge in [-0.25, -0.2) is 9.37 Å². The van der Waals surface area contributed by atoms with Crippen LogP contribution in [0.1, 0.15) is 5.69 Å². The number of nitrogens with one attached hydrogen (secondary N) is 1. The predicted molar refractivity (Wildman–Crippen MR) is 103 cm³/mol. The SMILES string of the molecule is O=C(COC(=O)Cc1csc(-c2cccs2)n1)Nc1ccc(Br)cc1F. The molecule has 0 saturated carbocycles. The second kappa shape index (κ2) is 8.52. The Labute approximate surface area is 165 Å². The first-order chi connectivity index (χ1) is 12.5. The number of esters is 1. The lowest BCUT2D eigenvalue weighted by molar-refractivity contribution is -0.146. The van der Waals surface area contributed by atoms with Gasteiger partial charge in [0.2, 0.25) is 0 Å². The number of amides is 1. The van der Waals surface area contributed by atoms with Gasteiger partial charge in [-0.2, -0.15) is 0 Å². The molecule has 0 aliphatic carbocycles. The number of hydrogen-bond acceptors (Lipinski definition) is 6. The zero-order valence-electron chi connectivity index (χ0n) is 13.2. The van der Waals surface area contributed by atoms with E-state index in [1.807, 2.05) is 17.5 Å². The van der Waals surface area contributed by atoms with E-state index in [4.69, 9.17) is 4.74 Å². The average molecular weight is 455 g/mol. The number of hydrogen-bond donors (Lipinski definition) is 1. The third-order valence-electron chi connectivity index (χ3n) is 3.18. The van der Waals surface area contributed by atoms with Gasteiger partial charge in [0.15, 0.2) is 6.61 Å². The number of aromatic nitrogens is 1. The first-order valence-electron chi connectivity index (χ1n) is 7.40. The molecule has 0 fully saturated rings. The van der Waals surface area contributed by atoms with Crippen LogP contribution in [0, 0.1) is 5.82 Å². The molecule has 2 aromatic heterocycles. The third kappa shape index (κ3) is 4.96. The Hall–Kier alpha value is -2.10. The number of ether oxygens (including phenoxy) is 1. The summed E-state index contributed by atoms with van der Waals surface area (Å²) < 4.78 is 19.1. The van der Waals surface area contributed by atoms with Gasteiger partial charge in [0, 0.05) is 9.85 Å². The molecule has 1 N–H and O–H groups in total. The molecule has 3 rings (SSSR count). The van der Waals surface area contributed by atoms with Crippen molar-refractivity contribution >= 4 is 56.2 Å².